The zero-order valence-corrected chi connectivity index (χ0v) is 16.5. The van der Waals surface area contributed by atoms with Crippen LogP contribution in [0.5, 0.6) is 5.75 Å². The Bertz CT molecular complexity index is 843. The van der Waals surface area contributed by atoms with Crippen molar-refractivity contribution < 1.29 is 22.3 Å². The van der Waals surface area contributed by atoms with E-state index in [2.05, 4.69) is 11.7 Å². The number of ether oxygens (including phenoxy) is 1. The van der Waals surface area contributed by atoms with Gasteiger partial charge in [0.05, 0.1) is 0 Å². The summed E-state index contributed by atoms with van der Waals surface area (Å²) in [5.41, 5.74) is 1.97. The first kappa shape index (κ1) is 20.2. The molecule has 2 fully saturated rings. The molecule has 2 aliphatic carbocycles. The molecule has 0 radical (unpaired) electrons. The van der Waals surface area contributed by atoms with E-state index in [0.29, 0.717) is 17.0 Å². The Labute approximate surface area is 169 Å². The molecule has 1 nitrogen and oxygen atoms in total. The van der Waals surface area contributed by atoms with Gasteiger partial charge in [-0.1, -0.05) is 37.6 Å². The number of alkyl halides is 3. The van der Waals surface area contributed by atoms with Gasteiger partial charge in [-0.25, -0.2) is 4.39 Å². The van der Waals surface area contributed by atoms with E-state index in [1.54, 1.807) is 12.1 Å². The Morgan fingerprint density at radius 3 is 2.24 bits per heavy atom. The molecule has 0 N–H and O–H groups in total. The minimum absolute atomic E-state index is 0.308. The Morgan fingerprint density at radius 1 is 0.862 bits per heavy atom. The van der Waals surface area contributed by atoms with Crippen LogP contribution in [0.1, 0.15) is 56.9 Å². The number of rotatable bonds is 3. The van der Waals surface area contributed by atoms with E-state index in [1.807, 2.05) is 6.07 Å². The standard InChI is InChI=1S/C24H26F4O/c1-15-2-3-18-13-19(5-4-17(18)12-15)20-8-11-22(23(25)14-20)16-6-9-21(10-7-16)29-24(26,27)28/h6-11,14-15,17-19H,2-5,12-13H2,1H3/t15?,17-,18-,19-/m1/s1. The molecule has 0 saturated heterocycles. The maximum absolute atomic E-state index is 14.8. The van der Waals surface area contributed by atoms with Crippen molar-refractivity contribution in [3.63, 3.8) is 0 Å². The maximum Gasteiger partial charge on any atom is 0.573 e. The summed E-state index contributed by atoms with van der Waals surface area (Å²) in [6.45, 7) is 2.35. The fourth-order valence-corrected chi connectivity index (χ4v) is 5.28. The summed E-state index contributed by atoms with van der Waals surface area (Å²) in [6.07, 6.45) is 2.66. The van der Waals surface area contributed by atoms with Crippen molar-refractivity contribution in [1.82, 2.24) is 0 Å². The lowest BCUT2D eigenvalue weighted by Crippen LogP contribution is -2.29. The third kappa shape index (κ3) is 4.76. The van der Waals surface area contributed by atoms with Crippen LogP contribution in [0.3, 0.4) is 0 Å². The van der Waals surface area contributed by atoms with Gasteiger partial charge in [0.15, 0.2) is 0 Å². The molecular formula is C24H26F4O. The van der Waals surface area contributed by atoms with Crippen molar-refractivity contribution in [2.45, 2.75) is 57.7 Å². The number of hydrogen-bond donors (Lipinski definition) is 0. The zero-order valence-electron chi connectivity index (χ0n) is 16.5. The zero-order chi connectivity index (χ0) is 20.6. The molecule has 0 amide bonds. The highest BCUT2D eigenvalue weighted by Gasteiger charge is 2.35. The summed E-state index contributed by atoms with van der Waals surface area (Å²) in [5, 5.41) is 0. The summed E-state index contributed by atoms with van der Waals surface area (Å²) in [4.78, 5) is 0. The average molecular weight is 406 g/mol. The van der Waals surface area contributed by atoms with Crippen molar-refractivity contribution in [3.05, 3.63) is 53.8 Å². The number of hydrogen-bond acceptors (Lipinski definition) is 1. The van der Waals surface area contributed by atoms with E-state index in [0.717, 1.165) is 36.2 Å². The molecule has 1 unspecified atom stereocenters. The van der Waals surface area contributed by atoms with Gasteiger partial charge in [-0.3, -0.25) is 0 Å². The summed E-state index contributed by atoms with van der Waals surface area (Å²) in [5.74, 6) is 2.18. The Balaban J connectivity index is 1.47. The van der Waals surface area contributed by atoms with E-state index < -0.39 is 6.36 Å². The van der Waals surface area contributed by atoms with Gasteiger partial charge in [0.25, 0.3) is 0 Å². The van der Waals surface area contributed by atoms with E-state index >= 15 is 0 Å². The fourth-order valence-electron chi connectivity index (χ4n) is 5.28. The predicted octanol–water partition coefficient (Wildman–Crippen LogP) is 7.71. The molecule has 29 heavy (non-hydrogen) atoms. The van der Waals surface area contributed by atoms with Gasteiger partial charge in [0, 0.05) is 5.56 Å². The third-order valence-corrected chi connectivity index (χ3v) is 6.74. The highest BCUT2D eigenvalue weighted by molar-refractivity contribution is 5.65. The van der Waals surface area contributed by atoms with Gasteiger partial charge in [0.2, 0.25) is 0 Å². The average Bonchev–Trinajstić information content (AvgIpc) is 2.67. The minimum Gasteiger partial charge on any atom is -0.406 e. The first-order chi connectivity index (χ1) is 13.8. The van der Waals surface area contributed by atoms with E-state index in [4.69, 9.17) is 0 Å². The first-order valence-electron chi connectivity index (χ1n) is 10.4. The van der Waals surface area contributed by atoms with Crippen LogP contribution < -0.4 is 4.74 Å². The molecule has 0 bridgehead atoms. The Kier molecular flexibility index (Phi) is 5.58. The van der Waals surface area contributed by atoms with Gasteiger partial charge >= 0.3 is 6.36 Å². The molecule has 2 aliphatic rings. The highest BCUT2D eigenvalue weighted by atomic mass is 19.4. The molecule has 0 spiro atoms. The van der Waals surface area contributed by atoms with Crippen molar-refractivity contribution >= 4 is 0 Å². The van der Waals surface area contributed by atoms with Crippen molar-refractivity contribution in [2.24, 2.45) is 17.8 Å². The molecule has 0 aromatic heterocycles. The quantitative estimate of drug-likeness (QED) is 0.474. The number of halogens is 4. The van der Waals surface area contributed by atoms with Gasteiger partial charge in [-0.15, -0.1) is 13.2 Å². The van der Waals surface area contributed by atoms with Crippen LogP contribution in [0.2, 0.25) is 0 Å². The summed E-state index contributed by atoms with van der Waals surface area (Å²) >= 11 is 0. The van der Waals surface area contributed by atoms with Gasteiger partial charge in [-0.05, 0) is 85.1 Å². The molecular weight excluding hydrogens is 380 g/mol. The molecule has 5 heteroatoms. The van der Waals surface area contributed by atoms with Crippen LogP contribution in [0.25, 0.3) is 11.1 Å². The SMILES string of the molecule is CC1CC[C@@H]2C[C@H](c3ccc(-c4ccc(OC(F)(F)F)cc4)c(F)c3)CC[C@@H]2C1. The second-order valence-corrected chi connectivity index (χ2v) is 8.76. The molecule has 2 aromatic rings. The maximum atomic E-state index is 14.8. The summed E-state index contributed by atoms with van der Waals surface area (Å²) < 4.78 is 55.6. The largest absolute Gasteiger partial charge is 0.573 e. The summed E-state index contributed by atoms with van der Waals surface area (Å²) in [6, 6.07) is 10.7. The predicted molar refractivity (Wildman–Crippen MR) is 105 cm³/mol. The number of benzene rings is 2. The van der Waals surface area contributed by atoms with Gasteiger partial charge in [-0.2, -0.15) is 0 Å². The normalized spacial score (nSPS) is 27.3. The lowest BCUT2D eigenvalue weighted by Gasteiger charge is -2.41. The second kappa shape index (κ2) is 8.00. The molecule has 156 valence electrons. The van der Waals surface area contributed by atoms with Crippen molar-refractivity contribution in [2.75, 3.05) is 0 Å². The molecule has 0 heterocycles. The second-order valence-electron chi connectivity index (χ2n) is 8.76. The number of fused-ring (bicyclic) bond motifs is 1. The Hall–Kier alpha value is -2.04. The smallest absolute Gasteiger partial charge is 0.406 e. The fraction of sp³-hybridized carbons (Fsp3) is 0.500. The van der Waals surface area contributed by atoms with Crippen LogP contribution in [-0.4, -0.2) is 6.36 Å². The van der Waals surface area contributed by atoms with Crippen LogP contribution in [0.4, 0.5) is 17.6 Å². The minimum atomic E-state index is -4.73. The topological polar surface area (TPSA) is 9.23 Å². The van der Waals surface area contributed by atoms with E-state index in [1.165, 1.54) is 49.9 Å². The van der Waals surface area contributed by atoms with Crippen molar-refractivity contribution in [3.8, 4) is 16.9 Å². The highest BCUT2D eigenvalue weighted by Crippen LogP contribution is 2.47. The molecule has 4 rings (SSSR count). The summed E-state index contributed by atoms with van der Waals surface area (Å²) in [7, 11) is 0. The lowest BCUT2D eigenvalue weighted by molar-refractivity contribution is -0.274. The molecule has 0 aliphatic heterocycles. The Morgan fingerprint density at radius 2 is 1.55 bits per heavy atom. The molecule has 2 aromatic carbocycles. The van der Waals surface area contributed by atoms with Crippen molar-refractivity contribution in [1.29, 1.82) is 0 Å². The van der Waals surface area contributed by atoms with E-state index in [-0.39, 0.29) is 11.6 Å². The first-order valence-corrected chi connectivity index (χ1v) is 10.4. The van der Waals surface area contributed by atoms with Crippen LogP contribution in [-0.2, 0) is 0 Å². The lowest BCUT2D eigenvalue weighted by atomic mass is 9.64. The van der Waals surface area contributed by atoms with Crippen LogP contribution in [0.15, 0.2) is 42.5 Å². The monoisotopic (exact) mass is 406 g/mol. The molecule has 4 atom stereocenters. The van der Waals surface area contributed by atoms with Gasteiger partial charge in [0.1, 0.15) is 11.6 Å². The van der Waals surface area contributed by atoms with Gasteiger partial charge < -0.3 is 4.74 Å². The molecule has 2 saturated carbocycles. The van der Waals surface area contributed by atoms with Crippen LogP contribution >= 0.6 is 0 Å². The van der Waals surface area contributed by atoms with Crippen LogP contribution in [0, 0.1) is 23.6 Å². The van der Waals surface area contributed by atoms with E-state index in [9.17, 15) is 17.6 Å². The third-order valence-electron chi connectivity index (χ3n) is 6.74.